The average molecular weight is 422 g/mol. The summed E-state index contributed by atoms with van der Waals surface area (Å²) in [7, 11) is 0. The van der Waals surface area contributed by atoms with Gasteiger partial charge in [-0.3, -0.25) is 4.79 Å². The van der Waals surface area contributed by atoms with Gasteiger partial charge in [-0.25, -0.2) is 23.8 Å². The van der Waals surface area contributed by atoms with Gasteiger partial charge >= 0.3 is 0 Å². The third kappa shape index (κ3) is 3.63. The lowest BCUT2D eigenvalue weighted by Gasteiger charge is -2.26. The first-order valence-electron chi connectivity index (χ1n) is 10.3. The van der Waals surface area contributed by atoms with Crippen LogP contribution in [0.15, 0.2) is 35.6 Å². The number of hydrogen-bond donors (Lipinski definition) is 0. The fourth-order valence-electron chi connectivity index (χ4n) is 5.09. The molecule has 9 heteroatoms. The topological polar surface area (TPSA) is 85.5 Å². The summed E-state index contributed by atoms with van der Waals surface area (Å²) in [6.45, 7) is 1.48. The molecule has 0 radical (unpaired) electrons. The highest BCUT2D eigenvalue weighted by atomic mass is 19.1. The molecule has 158 valence electrons. The fraction of sp³-hybridized carbons (Fsp3) is 0.409. The minimum absolute atomic E-state index is 0.0907. The number of hydrogen-bond acceptors (Lipinski definition) is 6. The molecule has 0 bridgehead atoms. The van der Waals surface area contributed by atoms with E-state index in [4.69, 9.17) is 5.26 Å². The highest BCUT2D eigenvalue weighted by molar-refractivity contribution is 5.82. The van der Waals surface area contributed by atoms with Gasteiger partial charge in [0.1, 0.15) is 23.4 Å². The van der Waals surface area contributed by atoms with Gasteiger partial charge in [-0.15, -0.1) is 0 Å². The maximum Gasteiger partial charge on any atom is 0.246 e. The Morgan fingerprint density at radius 2 is 1.84 bits per heavy atom. The van der Waals surface area contributed by atoms with E-state index in [1.54, 1.807) is 18.5 Å². The second kappa shape index (κ2) is 7.69. The van der Waals surface area contributed by atoms with Crippen molar-refractivity contribution < 1.29 is 13.6 Å². The molecular weight excluding hydrogens is 402 g/mol. The summed E-state index contributed by atoms with van der Waals surface area (Å²) in [5.41, 5.74) is 0.754. The third-order valence-corrected chi connectivity index (χ3v) is 6.47. The zero-order valence-corrected chi connectivity index (χ0v) is 16.7. The first-order valence-corrected chi connectivity index (χ1v) is 10.3. The predicted molar refractivity (Wildman–Crippen MR) is 108 cm³/mol. The van der Waals surface area contributed by atoms with Gasteiger partial charge in [0.2, 0.25) is 11.9 Å². The van der Waals surface area contributed by atoms with Gasteiger partial charge < -0.3 is 4.90 Å². The smallest absolute Gasteiger partial charge is 0.246 e. The number of aromatic nitrogens is 2. The molecule has 1 saturated carbocycles. The van der Waals surface area contributed by atoms with Crippen molar-refractivity contribution in [3.63, 3.8) is 0 Å². The van der Waals surface area contributed by atoms with Gasteiger partial charge in [0.15, 0.2) is 0 Å². The van der Waals surface area contributed by atoms with Crippen LogP contribution in [0.5, 0.6) is 0 Å². The standard InChI is InChI=1S/C22H20F2N6O/c23-17-7-13(8-18(24)9-17)20-2-4-27-30(20)21(31)14-5-15-11-29(12-16(15)6-14)22-26-3-1-19(10-25)28-22/h1,3-4,7-9,14-16,20H,2,5-6,11-12H2/t14?,15-,16+,20-/m1/s1. The number of hydrazone groups is 1. The first-order chi connectivity index (χ1) is 15.0. The Morgan fingerprint density at radius 1 is 1.13 bits per heavy atom. The molecule has 1 unspecified atom stereocenters. The molecule has 2 aliphatic heterocycles. The van der Waals surface area contributed by atoms with Crippen LogP contribution in [-0.4, -0.2) is 40.2 Å². The van der Waals surface area contributed by atoms with E-state index in [2.05, 4.69) is 20.0 Å². The minimum Gasteiger partial charge on any atom is -0.340 e. The van der Waals surface area contributed by atoms with E-state index in [-0.39, 0.29) is 11.8 Å². The molecule has 1 saturated heterocycles. The van der Waals surface area contributed by atoms with Crippen molar-refractivity contribution in [3.8, 4) is 6.07 Å². The van der Waals surface area contributed by atoms with Crippen molar-refractivity contribution in [1.82, 2.24) is 15.0 Å². The summed E-state index contributed by atoms with van der Waals surface area (Å²) in [4.78, 5) is 23.8. The van der Waals surface area contributed by atoms with Crippen molar-refractivity contribution in [1.29, 1.82) is 5.26 Å². The SMILES string of the molecule is N#Cc1ccnc(N2C[C@H]3CC(C(=O)N4N=CC[C@@H]4c4cc(F)cc(F)c4)C[C@H]3C2)n1. The summed E-state index contributed by atoms with van der Waals surface area (Å²) in [6, 6.07) is 6.48. The summed E-state index contributed by atoms with van der Waals surface area (Å²) >= 11 is 0. The molecule has 1 aromatic carbocycles. The monoisotopic (exact) mass is 422 g/mol. The molecule has 1 aromatic heterocycles. The molecule has 5 rings (SSSR count). The van der Waals surface area contributed by atoms with Crippen LogP contribution in [0.25, 0.3) is 0 Å². The summed E-state index contributed by atoms with van der Waals surface area (Å²) in [5, 5.41) is 14.7. The number of nitrogens with zero attached hydrogens (tertiary/aromatic N) is 6. The number of halogens is 2. The highest BCUT2D eigenvalue weighted by Gasteiger charge is 2.46. The number of carbonyl (C=O) groups excluding carboxylic acids is 1. The number of benzene rings is 1. The van der Waals surface area contributed by atoms with Crippen LogP contribution in [-0.2, 0) is 4.79 Å². The van der Waals surface area contributed by atoms with E-state index in [1.165, 1.54) is 17.1 Å². The second-order valence-electron chi connectivity index (χ2n) is 8.38. The zero-order valence-electron chi connectivity index (χ0n) is 16.7. The predicted octanol–water partition coefficient (Wildman–Crippen LogP) is 3.05. The largest absolute Gasteiger partial charge is 0.340 e. The molecule has 2 fully saturated rings. The lowest BCUT2D eigenvalue weighted by atomic mass is 10.0. The van der Waals surface area contributed by atoms with Crippen molar-refractivity contribution in [2.75, 3.05) is 18.0 Å². The van der Waals surface area contributed by atoms with Crippen LogP contribution in [0.2, 0.25) is 0 Å². The fourth-order valence-corrected chi connectivity index (χ4v) is 5.09. The normalized spacial score (nSPS) is 26.9. The van der Waals surface area contributed by atoms with Gasteiger partial charge in [0.05, 0.1) is 6.04 Å². The Balaban J connectivity index is 1.26. The molecule has 1 aliphatic carbocycles. The van der Waals surface area contributed by atoms with Gasteiger partial charge in [-0.05, 0) is 48.4 Å². The Labute approximate surface area is 178 Å². The summed E-state index contributed by atoms with van der Waals surface area (Å²) in [5.74, 6) is -0.361. The molecule has 3 aliphatic rings. The van der Waals surface area contributed by atoms with Crippen LogP contribution in [0, 0.1) is 40.7 Å². The lowest BCUT2D eigenvalue weighted by molar-refractivity contribution is -0.137. The maximum absolute atomic E-state index is 13.7. The van der Waals surface area contributed by atoms with E-state index >= 15 is 0 Å². The molecule has 1 amide bonds. The molecule has 2 aromatic rings. The van der Waals surface area contributed by atoms with E-state index in [9.17, 15) is 13.6 Å². The lowest BCUT2D eigenvalue weighted by Crippen LogP contribution is -2.33. The van der Waals surface area contributed by atoms with Crippen LogP contribution >= 0.6 is 0 Å². The zero-order chi connectivity index (χ0) is 21.5. The molecule has 31 heavy (non-hydrogen) atoms. The van der Waals surface area contributed by atoms with E-state index in [0.717, 1.165) is 32.0 Å². The Morgan fingerprint density at radius 3 is 2.52 bits per heavy atom. The third-order valence-electron chi connectivity index (χ3n) is 6.47. The van der Waals surface area contributed by atoms with Crippen molar-refractivity contribution in [2.45, 2.75) is 25.3 Å². The second-order valence-corrected chi connectivity index (χ2v) is 8.38. The summed E-state index contributed by atoms with van der Waals surface area (Å²) in [6.07, 6.45) is 5.11. The molecule has 4 atom stereocenters. The minimum atomic E-state index is -0.660. The van der Waals surface area contributed by atoms with E-state index in [1.807, 2.05) is 6.07 Å². The maximum atomic E-state index is 13.7. The number of anilines is 1. The Hall–Kier alpha value is -3.41. The number of carbonyl (C=O) groups is 1. The molecule has 0 spiro atoms. The van der Waals surface area contributed by atoms with E-state index in [0.29, 0.717) is 35.5 Å². The highest BCUT2D eigenvalue weighted by Crippen LogP contribution is 2.44. The number of rotatable bonds is 3. The van der Waals surface area contributed by atoms with Crippen molar-refractivity contribution in [3.05, 3.63) is 53.4 Å². The summed E-state index contributed by atoms with van der Waals surface area (Å²) < 4.78 is 27.3. The Kier molecular flexibility index (Phi) is 4.85. The molecular formula is C22H20F2N6O. The average Bonchev–Trinajstić information content (AvgIpc) is 3.47. The molecule has 0 N–H and O–H groups in total. The molecule has 3 heterocycles. The number of fused-ring (bicyclic) bond motifs is 1. The van der Waals surface area contributed by atoms with Crippen LogP contribution in [0.4, 0.5) is 14.7 Å². The van der Waals surface area contributed by atoms with Gasteiger partial charge in [-0.2, -0.15) is 10.4 Å². The van der Waals surface area contributed by atoms with Crippen molar-refractivity contribution >= 4 is 18.1 Å². The van der Waals surface area contributed by atoms with Gasteiger partial charge in [0.25, 0.3) is 0 Å². The van der Waals surface area contributed by atoms with Crippen LogP contribution < -0.4 is 4.90 Å². The number of nitriles is 1. The van der Waals surface area contributed by atoms with Crippen LogP contribution in [0.3, 0.4) is 0 Å². The first kappa shape index (κ1) is 19.5. The molecule has 7 nitrogen and oxygen atoms in total. The van der Waals surface area contributed by atoms with Crippen molar-refractivity contribution in [2.24, 2.45) is 22.9 Å². The van der Waals surface area contributed by atoms with Crippen LogP contribution in [0.1, 0.15) is 36.6 Å². The van der Waals surface area contributed by atoms with E-state index < -0.39 is 17.7 Å². The van der Waals surface area contributed by atoms with Gasteiger partial charge in [0, 0.05) is 43.9 Å². The van der Waals surface area contributed by atoms with Gasteiger partial charge in [-0.1, -0.05) is 0 Å². The number of amides is 1. The quantitative estimate of drug-likeness (QED) is 0.759. The Bertz CT molecular complexity index is 1070.